The third-order valence-corrected chi connectivity index (χ3v) is 4.38. The lowest BCUT2D eigenvalue weighted by molar-refractivity contribution is 0.603. The summed E-state index contributed by atoms with van der Waals surface area (Å²) < 4.78 is 1.66. The predicted octanol–water partition coefficient (Wildman–Crippen LogP) is 2.06. The van der Waals surface area contributed by atoms with Gasteiger partial charge in [-0.05, 0) is 31.0 Å². The van der Waals surface area contributed by atoms with Gasteiger partial charge in [0.2, 0.25) is 5.95 Å². The van der Waals surface area contributed by atoms with Crippen LogP contribution >= 0.6 is 0 Å². The van der Waals surface area contributed by atoms with Gasteiger partial charge in [0, 0.05) is 26.0 Å². The minimum absolute atomic E-state index is 0.00794. The van der Waals surface area contributed by atoms with Crippen LogP contribution in [0.15, 0.2) is 47.5 Å². The molecule has 1 aliphatic heterocycles. The van der Waals surface area contributed by atoms with E-state index in [1.165, 1.54) is 0 Å². The molecule has 1 fully saturated rings. The van der Waals surface area contributed by atoms with Crippen molar-refractivity contribution in [2.45, 2.75) is 18.9 Å². The molecule has 3 heterocycles. The summed E-state index contributed by atoms with van der Waals surface area (Å²) in [5.74, 6) is 1.47. The monoisotopic (exact) mass is 307 g/mol. The molecule has 0 spiro atoms. The predicted molar refractivity (Wildman–Crippen MR) is 88.3 cm³/mol. The van der Waals surface area contributed by atoms with Crippen LogP contribution in [0.1, 0.15) is 24.7 Å². The Hall–Kier alpha value is -2.76. The van der Waals surface area contributed by atoms with E-state index in [2.05, 4.69) is 14.9 Å². The molecule has 6 heteroatoms. The fraction of sp³-hybridized carbons (Fsp3) is 0.294. The SMILES string of the molecule is Cn1c(C2CCCN2c2ncccn2)nc2ccccc2c1=O. The molecular formula is C17H17N5O. The number of para-hydroxylation sites is 1. The van der Waals surface area contributed by atoms with Crippen LogP contribution in [-0.4, -0.2) is 26.1 Å². The number of fused-ring (bicyclic) bond motifs is 1. The summed E-state index contributed by atoms with van der Waals surface area (Å²) in [5, 5.41) is 0.652. The molecule has 4 rings (SSSR count). The number of anilines is 1. The van der Waals surface area contributed by atoms with Crippen LogP contribution in [0.2, 0.25) is 0 Å². The Morgan fingerprint density at radius 3 is 2.74 bits per heavy atom. The lowest BCUT2D eigenvalue weighted by Crippen LogP contribution is -2.31. The summed E-state index contributed by atoms with van der Waals surface area (Å²) in [6, 6.07) is 9.31. The van der Waals surface area contributed by atoms with Crippen LogP contribution in [0.25, 0.3) is 10.9 Å². The van der Waals surface area contributed by atoms with E-state index >= 15 is 0 Å². The van der Waals surface area contributed by atoms with Crippen LogP contribution in [0, 0.1) is 0 Å². The summed E-state index contributed by atoms with van der Waals surface area (Å²) in [6.07, 6.45) is 5.46. The topological polar surface area (TPSA) is 63.9 Å². The zero-order chi connectivity index (χ0) is 15.8. The number of hydrogen-bond acceptors (Lipinski definition) is 5. The standard InChI is InChI=1S/C17H17N5O/c1-21-15(20-13-7-3-2-6-12(13)16(21)23)14-8-4-11-22(14)17-18-9-5-10-19-17/h2-3,5-7,9-10,14H,4,8,11H2,1H3. The van der Waals surface area contributed by atoms with Crippen molar-refractivity contribution >= 4 is 16.9 Å². The summed E-state index contributed by atoms with van der Waals surface area (Å²) in [7, 11) is 1.79. The molecule has 1 unspecified atom stereocenters. The van der Waals surface area contributed by atoms with Crippen molar-refractivity contribution in [2.24, 2.45) is 7.05 Å². The number of hydrogen-bond donors (Lipinski definition) is 0. The molecule has 0 bridgehead atoms. The second kappa shape index (κ2) is 5.46. The first-order chi connectivity index (χ1) is 11.3. The summed E-state index contributed by atoms with van der Waals surface area (Å²) in [4.78, 5) is 28.2. The van der Waals surface area contributed by atoms with Crippen molar-refractivity contribution in [1.82, 2.24) is 19.5 Å². The van der Waals surface area contributed by atoms with E-state index in [1.807, 2.05) is 24.3 Å². The Balaban J connectivity index is 1.85. The maximum Gasteiger partial charge on any atom is 0.261 e. The average Bonchev–Trinajstić information content (AvgIpc) is 3.08. The lowest BCUT2D eigenvalue weighted by Gasteiger charge is -2.25. The molecular weight excluding hydrogens is 290 g/mol. The highest BCUT2D eigenvalue weighted by Crippen LogP contribution is 2.33. The van der Waals surface area contributed by atoms with E-state index in [-0.39, 0.29) is 11.6 Å². The van der Waals surface area contributed by atoms with Gasteiger partial charge in [-0.2, -0.15) is 0 Å². The van der Waals surface area contributed by atoms with Crippen molar-refractivity contribution in [3.63, 3.8) is 0 Å². The molecule has 23 heavy (non-hydrogen) atoms. The van der Waals surface area contributed by atoms with E-state index in [4.69, 9.17) is 4.98 Å². The van der Waals surface area contributed by atoms with E-state index in [9.17, 15) is 4.79 Å². The van der Waals surface area contributed by atoms with Gasteiger partial charge in [-0.1, -0.05) is 12.1 Å². The molecule has 3 aromatic rings. The van der Waals surface area contributed by atoms with E-state index in [0.717, 1.165) is 30.7 Å². The minimum Gasteiger partial charge on any atom is -0.331 e. The maximum atomic E-state index is 12.6. The van der Waals surface area contributed by atoms with Crippen molar-refractivity contribution in [3.8, 4) is 0 Å². The molecule has 1 aromatic carbocycles. The first-order valence-electron chi connectivity index (χ1n) is 7.75. The summed E-state index contributed by atoms with van der Waals surface area (Å²) in [6.45, 7) is 0.872. The minimum atomic E-state index is -0.00794. The molecule has 1 saturated heterocycles. The van der Waals surface area contributed by atoms with Crippen molar-refractivity contribution in [3.05, 3.63) is 58.9 Å². The molecule has 0 N–H and O–H groups in total. The Labute approximate surface area is 133 Å². The number of rotatable bonds is 2. The summed E-state index contributed by atoms with van der Waals surface area (Å²) in [5.41, 5.74) is 0.734. The van der Waals surface area contributed by atoms with E-state index in [0.29, 0.717) is 11.3 Å². The molecule has 0 aliphatic carbocycles. The molecule has 0 radical (unpaired) electrons. The third kappa shape index (κ3) is 2.27. The van der Waals surface area contributed by atoms with Crippen LogP contribution in [0.4, 0.5) is 5.95 Å². The molecule has 116 valence electrons. The normalized spacial score (nSPS) is 17.8. The second-order valence-electron chi connectivity index (χ2n) is 5.75. The molecule has 6 nitrogen and oxygen atoms in total. The first kappa shape index (κ1) is 13.9. The first-order valence-corrected chi connectivity index (χ1v) is 7.75. The highest BCUT2D eigenvalue weighted by Gasteiger charge is 2.31. The fourth-order valence-corrected chi connectivity index (χ4v) is 3.25. The highest BCUT2D eigenvalue weighted by atomic mass is 16.1. The third-order valence-electron chi connectivity index (χ3n) is 4.38. The van der Waals surface area contributed by atoms with Crippen molar-refractivity contribution < 1.29 is 0 Å². The van der Waals surface area contributed by atoms with Gasteiger partial charge in [0.05, 0.1) is 16.9 Å². The van der Waals surface area contributed by atoms with Gasteiger partial charge >= 0.3 is 0 Å². The van der Waals surface area contributed by atoms with Gasteiger partial charge in [-0.3, -0.25) is 9.36 Å². The largest absolute Gasteiger partial charge is 0.331 e. The van der Waals surface area contributed by atoms with Crippen LogP contribution in [-0.2, 0) is 7.05 Å². The highest BCUT2D eigenvalue weighted by molar-refractivity contribution is 5.77. The van der Waals surface area contributed by atoms with Gasteiger partial charge in [0.15, 0.2) is 0 Å². The smallest absolute Gasteiger partial charge is 0.261 e. The molecule has 1 aliphatic rings. The zero-order valence-corrected chi connectivity index (χ0v) is 12.9. The lowest BCUT2D eigenvalue weighted by atomic mass is 10.1. The Morgan fingerprint density at radius 2 is 1.91 bits per heavy atom. The molecule has 2 aromatic heterocycles. The van der Waals surface area contributed by atoms with Crippen LogP contribution in [0.5, 0.6) is 0 Å². The molecule has 0 amide bonds. The molecule has 0 saturated carbocycles. The zero-order valence-electron chi connectivity index (χ0n) is 12.9. The van der Waals surface area contributed by atoms with Crippen molar-refractivity contribution in [1.29, 1.82) is 0 Å². The number of aromatic nitrogens is 4. The Kier molecular flexibility index (Phi) is 3.29. The average molecular weight is 307 g/mol. The van der Waals surface area contributed by atoms with Crippen LogP contribution in [0.3, 0.4) is 0 Å². The van der Waals surface area contributed by atoms with E-state index in [1.54, 1.807) is 30.1 Å². The van der Waals surface area contributed by atoms with Gasteiger partial charge in [0.25, 0.3) is 5.56 Å². The Morgan fingerprint density at radius 1 is 1.13 bits per heavy atom. The second-order valence-corrected chi connectivity index (χ2v) is 5.75. The quantitative estimate of drug-likeness (QED) is 0.725. The maximum absolute atomic E-state index is 12.6. The van der Waals surface area contributed by atoms with E-state index < -0.39 is 0 Å². The number of benzene rings is 1. The van der Waals surface area contributed by atoms with Gasteiger partial charge in [-0.15, -0.1) is 0 Å². The summed E-state index contributed by atoms with van der Waals surface area (Å²) >= 11 is 0. The van der Waals surface area contributed by atoms with Gasteiger partial charge in [0.1, 0.15) is 5.82 Å². The van der Waals surface area contributed by atoms with Crippen LogP contribution < -0.4 is 10.5 Å². The number of nitrogens with zero attached hydrogens (tertiary/aromatic N) is 5. The fourth-order valence-electron chi connectivity index (χ4n) is 3.25. The van der Waals surface area contributed by atoms with Crippen molar-refractivity contribution in [2.75, 3.05) is 11.4 Å². The molecule has 1 atom stereocenters. The van der Waals surface area contributed by atoms with Gasteiger partial charge in [-0.25, -0.2) is 15.0 Å². The Bertz CT molecular complexity index is 906. The van der Waals surface area contributed by atoms with Gasteiger partial charge < -0.3 is 4.90 Å².